The molecular weight excluding hydrogens is 326 g/mol. The molecule has 24 heavy (non-hydrogen) atoms. The van der Waals surface area contributed by atoms with Crippen molar-refractivity contribution in [2.24, 2.45) is 0 Å². The molecule has 0 aliphatic carbocycles. The average Bonchev–Trinajstić information content (AvgIpc) is 2.98. The predicted molar refractivity (Wildman–Crippen MR) is 91.9 cm³/mol. The van der Waals surface area contributed by atoms with Crippen molar-refractivity contribution < 1.29 is 9.53 Å². The molecule has 0 amide bonds. The van der Waals surface area contributed by atoms with Gasteiger partial charge in [0.15, 0.2) is 0 Å². The van der Waals surface area contributed by atoms with Gasteiger partial charge in [-0.3, -0.25) is 0 Å². The summed E-state index contributed by atoms with van der Waals surface area (Å²) in [7, 11) is 0. The van der Waals surface area contributed by atoms with Crippen LogP contribution in [0, 0.1) is 6.92 Å². The Bertz CT molecular complexity index is 893. The van der Waals surface area contributed by atoms with Gasteiger partial charge in [-0.2, -0.15) is 9.50 Å². The number of nitrogens with two attached hydrogens (primary N) is 1. The summed E-state index contributed by atoms with van der Waals surface area (Å²) in [6.45, 7) is 4.06. The molecule has 3 rings (SSSR count). The van der Waals surface area contributed by atoms with Crippen molar-refractivity contribution in [1.29, 1.82) is 0 Å². The van der Waals surface area contributed by atoms with E-state index in [2.05, 4.69) is 40.2 Å². The van der Waals surface area contributed by atoms with E-state index < -0.39 is 5.97 Å². The first-order valence-electron chi connectivity index (χ1n) is 7.45. The van der Waals surface area contributed by atoms with Crippen LogP contribution in [0.3, 0.4) is 0 Å². The van der Waals surface area contributed by atoms with Gasteiger partial charge in [0.2, 0.25) is 5.16 Å². The van der Waals surface area contributed by atoms with Crippen molar-refractivity contribution in [3.05, 3.63) is 47.2 Å². The van der Waals surface area contributed by atoms with Gasteiger partial charge < -0.3 is 10.5 Å². The quantitative estimate of drug-likeness (QED) is 0.561. The van der Waals surface area contributed by atoms with E-state index in [-0.39, 0.29) is 18.0 Å². The summed E-state index contributed by atoms with van der Waals surface area (Å²) in [5, 5.41) is 4.88. The fourth-order valence-corrected chi connectivity index (χ4v) is 2.97. The van der Waals surface area contributed by atoms with Crippen LogP contribution in [0.15, 0.2) is 35.6 Å². The first-order valence-corrected chi connectivity index (χ1v) is 8.43. The van der Waals surface area contributed by atoms with E-state index in [1.54, 1.807) is 6.92 Å². The normalized spacial score (nSPS) is 10.9. The van der Waals surface area contributed by atoms with Gasteiger partial charge in [0.25, 0.3) is 5.78 Å². The summed E-state index contributed by atoms with van der Waals surface area (Å²) < 4.78 is 6.32. The number of hydrogen-bond donors (Lipinski definition) is 1. The summed E-state index contributed by atoms with van der Waals surface area (Å²) in [6.07, 6.45) is 1.37. The standard InChI is InChI=1S/C16H17N5O2S/c1-3-23-14(22)12-8-18-15-19-16(20-21(15)13(12)17)24-9-11-6-4-5-10(2)7-11/h4-8H,3,9,17H2,1-2H3. The maximum absolute atomic E-state index is 11.8. The second-order valence-corrected chi connectivity index (χ2v) is 6.10. The molecule has 0 unspecified atom stereocenters. The molecule has 124 valence electrons. The van der Waals surface area contributed by atoms with Crippen LogP contribution < -0.4 is 5.73 Å². The van der Waals surface area contributed by atoms with Crippen LogP contribution in [-0.4, -0.2) is 32.2 Å². The second kappa shape index (κ2) is 6.88. The van der Waals surface area contributed by atoms with E-state index in [0.717, 1.165) is 5.75 Å². The van der Waals surface area contributed by atoms with Crippen LogP contribution in [0.5, 0.6) is 0 Å². The number of hydrogen-bond acceptors (Lipinski definition) is 7. The van der Waals surface area contributed by atoms with Crippen LogP contribution in [0.2, 0.25) is 0 Å². The Kier molecular flexibility index (Phi) is 4.66. The maximum atomic E-state index is 11.8. The van der Waals surface area contributed by atoms with Gasteiger partial charge in [0, 0.05) is 11.9 Å². The molecule has 7 nitrogen and oxygen atoms in total. The van der Waals surface area contributed by atoms with E-state index in [0.29, 0.717) is 10.9 Å². The van der Waals surface area contributed by atoms with Crippen molar-refractivity contribution >= 4 is 29.3 Å². The van der Waals surface area contributed by atoms with Crippen LogP contribution >= 0.6 is 11.8 Å². The minimum Gasteiger partial charge on any atom is -0.462 e. The molecular formula is C16H17N5O2S. The topological polar surface area (TPSA) is 95.4 Å². The molecule has 0 aliphatic rings. The minimum atomic E-state index is -0.520. The lowest BCUT2D eigenvalue weighted by molar-refractivity contribution is 0.0526. The highest BCUT2D eigenvalue weighted by Gasteiger charge is 2.17. The summed E-state index contributed by atoms with van der Waals surface area (Å²) >= 11 is 1.49. The number of benzene rings is 1. The number of carbonyl (C=O) groups is 1. The lowest BCUT2D eigenvalue weighted by atomic mass is 10.2. The molecule has 0 atom stereocenters. The summed E-state index contributed by atoms with van der Waals surface area (Å²) in [4.78, 5) is 20.3. The smallest absolute Gasteiger partial charge is 0.343 e. The second-order valence-electron chi connectivity index (χ2n) is 5.16. The number of nitrogens with zero attached hydrogens (tertiary/aromatic N) is 4. The fraction of sp³-hybridized carbons (Fsp3) is 0.250. The van der Waals surface area contributed by atoms with Crippen molar-refractivity contribution in [2.75, 3.05) is 12.3 Å². The molecule has 0 saturated carbocycles. The third kappa shape index (κ3) is 3.33. The van der Waals surface area contributed by atoms with Gasteiger partial charge in [-0.25, -0.2) is 9.78 Å². The Hall–Kier alpha value is -2.61. The first kappa shape index (κ1) is 16.3. The van der Waals surface area contributed by atoms with E-state index in [4.69, 9.17) is 10.5 Å². The number of ether oxygens (including phenoxy) is 1. The van der Waals surface area contributed by atoms with Gasteiger partial charge in [0.05, 0.1) is 6.61 Å². The Balaban J connectivity index is 1.83. The average molecular weight is 343 g/mol. The number of anilines is 1. The Morgan fingerprint density at radius 3 is 3.00 bits per heavy atom. The molecule has 0 spiro atoms. The highest BCUT2D eigenvalue weighted by molar-refractivity contribution is 7.98. The predicted octanol–water partition coefficient (Wildman–Crippen LogP) is 2.48. The maximum Gasteiger partial charge on any atom is 0.343 e. The van der Waals surface area contributed by atoms with Crippen LogP contribution in [0.4, 0.5) is 5.82 Å². The Morgan fingerprint density at radius 2 is 2.25 bits per heavy atom. The lowest BCUT2D eigenvalue weighted by Gasteiger charge is -2.04. The highest BCUT2D eigenvalue weighted by Crippen LogP contribution is 2.22. The minimum absolute atomic E-state index is 0.174. The number of aryl methyl sites for hydroxylation is 1. The molecule has 0 aliphatic heterocycles. The molecule has 2 aromatic heterocycles. The SMILES string of the molecule is CCOC(=O)c1cnc2nc(SCc3cccc(C)c3)nn2c1N. The van der Waals surface area contributed by atoms with Gasteiger partial charge in [-0.15, -0.1) is 5.10 Å². The van der Waals surface area contributed by atoms with Gasteiger partial charge in [-0.05, 0) is 19.4 Å². The summed E-state index contributed by atoms with van der Waals surface area (Å²) in [5.41, 5.74) is 8.58. The molecule has 0 fully saturated rings. The van der Waals surface area contributed by atoms with Crippen LogP contribution in [0.25, 0.3) is 5.78 Å². The molecule has 2 N–H and O–H groups in total. The van der Waals surface area contributed by atoms with Crippen molar-refractivity contribution in [3.63, 3.8) is 0 Å². The molecule has 1 aromatic carbocycles. The van der Waals surface area contributed by atoms with E-state index >= 15 is 0 Å². The third-order valence-electron chi connectivity index (χ3n) is 3.33. The Labute approximate surface area is 143 Å². The number of nitrogen functional groups attached to an aromatic ring is 1. The zero-order valence-corrected chi connectivity index (χ0v) is 14.2. The van der Waals surface area contributed by atoms with Crippen molar-refractivity contribution in [3.8, 4) is 0 Å². The van der Waals surface area contributed by atoms with E-state index in [1.165, 1.54) is 33.6 Å². The van der Waals surface area contributed by atoms with Crippen LogP contribution in [-0.2, 0) is 10.5 Å². The van der Waals surface area contributed by atoms with Gasteiger partial charge in [-0.1, -0.05) is 41.6 Å². The largest absolute Gasteiger partial charge is 0.462 e. The fourth-order valence-electron chi connectivity index (χ4n) is 2.21. The van der Waals surface area contributed by atoms with E-state index in [9.17, 15) is 4.79 Å². The Morgan fingerprint density at radius 1 is 1.42 bits per heavy atom. The zero-order valence-electron chi connectivity index (χ0n) is 13.4. The monoisotopic (exact) mass is 343 g/mol. The molecule has 0 radical (unpaired) electrons. The van der Waals surface area contributed by atoms with Crippen LogP contribution in [0.1, 0.15) is 28.4 Å². The number of rotatable bonds is 5. The molecule has 0 bridgehead atoms. The number of aromatic nitrogens is 4. The molecule has 2 heterocycles. The number of esters is 1. The molecule has 8 heteroatoms. The molecule has 3 aromatic rings. The lowest BCUT2D eigenvalue weighted by Crippen LogP contribution is -2.12. The van der Waals surface area contributed by atoms with Gasteiger partial charge in [0.1, 0.15) is 11.4 Å². The summed E-state index contributed by atoms with van der Waals surface area (Å²) in [5.74, 6) is 0.748. The number of carbonyl (C=O) groups excluding carboxylic acids is 1. The van der Waals surface area contributed by atoms with Gasteiger partial charge >= 0.3 is 5.97 Å². The molecule has 0 saturated heterocycles. The number of thioether (sulfide) groups is 1. The zero-order chi connectivity index (χ0) is 17.1. The van der Waals surface area contributed by atoms with E-state index in [1.807, 2.05) is 6.07 Å². The van der Waals surface area contributed by atoms with Crippen molar-refractivity contribution in [1.82, 2.24) is 19.6 Å². The van der Waals surface area contributed by atoms with Crippen molar-refractivity contribution in [2.45, 2.75) is 24.8 Å². The summed E-state index contributed by atoms with van der Waals surface area (Å²) in [6, 6.07) is 8.25. The number of fused-ring (bicyclic) bond motifs is 1. The third-order valence-corrected chi connectivity index (χ3v) is 4.24. The first-order chi connectivity index (χ1) is 11.6. The highest BCUT2D eigenvalue weighted by atomic mass is 32.2.